The summed E-state index contributed by atoms with van der Waals surface area (Å²) >= 11 is 0. The third-order valence-electron chi connectivity index (χ3n) is 6.72. The van der Waals surface area contributed by atoms with Gasteiger partial charge in [-0.3, -0.25) is 4.79 Å². The SMILES string of the molecule is CC(C)OC(=O)CCCC=CC[C@H]1C(O)CC(O)[C@@H]1C=CC(O)CCCCCCc1ccccc1. The molecule has 0 radical (unpaired) electrons. The van der Waals surface area contributed by atoms with E-state index in [1.807, 2.05) is 38.1 Å². The third kappa shape index (κ3) is 12.0. The molecular formula is C30H46O5. The topological polar surface area (TPSA) is 87.0 Å². The Morgan fingerprint density at radius 1 is 1.03 bits per heavy atom. The summed E-state index contributed by atoms with van der Waals surface area (Å²) < 4.78 is 5.13. The minimum Gasteiger partial charge on any atom is -0.463 e. The van der Waals surface area contributed by atoms with Crippen LogP contribution in [-0.2, 0) is 16.0 Å². The van der Waals surface area contributed by atoms with Crippen LogP contribution in [0.3, 0.4) is 0 Å². The number of aliphatic hydroxyl groups is 3. The minimum atomic E-state index is -0.587. The Hall–Kier alpha value is -1.95. The second-order valence-corrected chi connectivity index (χ2v) is 10.1. The van der Waals surface area contributed by atoms with Crippen molar-refractivity contribution in [2.24, 2.45) is 11.8 Å². The molecule has 5 nitrogen and oxygen atoms in total. The van der Waals surface area contributed by atoms with Crippen molar-refractivity contribution in [2.75, 3.05) is 0 Å². The molecule has 1 aromatic carbocycles. The fourth-order valence-corrected chi connectivity index (χ4v) is 4.80. The lowest BCUT2D eigenvalue weighted by Crippen LogP contribution is -2.20. The Labute approximate surface area is 211 Å². The van der Waals surface area contributed by atoms with Gasteiger partial charge in [-0.25, -0.2) is 0 Å². The van der Waals surface area contributed by atoms with Gasteiger partial charge in [-0.15, -0.1) is 0 Å². The lowest BCUT2D eigenvalue weighted by atomic mass is 9.89. The second-order valence-electron chi connectivity index (χ2n) is 10.1. The summed E-state index contributed by atoms with van der Waals surface area (Å²) in [6.45, 7) is 3.69. The molecule has 1 aliphatic rings. The molecule has 0 saturated heterocycles. The molecule has 3 N–H and O–H groups in total. The minimum absolute atomic E-state index is 0.0615. The number of benzene rings is 1. The highest BCUT2D eigenvalue weighted by Gasteiger charge is 2.39. The molecule has 196 valence electrons. The van der Waals surface area contributed by atoms with Crippen LogP contribution in [0.2, 0.25) is 0 Å². The molecule has 3 unspecified atom stereocenters. The Kier molecular flexibility index (Phi) is 13.9. The zero-order valence-electron chi connectivity index (χ0n) is 21.6. The number of aryl methyl sites for hydroxylation is 1. The number of ether oxygens (including phenoxy) is 1. The molecule has 2 rings (SSSR count). The predicted octanol–water partition coefficient (Wildman–Crippen LogP) is 5.52. The van der Waals surface area contributed by atoms with E-state index in [0.29, 0.717) is 19.3 Å². The zero-order valence-corrected chi connectivity index (χ0v) is 21.6. The van der Waals surface area contributed by atoms with Crippen LogP contribution in [-0.4, -0.2) is 45.7 Å². The standard InChI is InChI=1S/C30H46O5/c1-23(2)35-30(34)19-13-6-5-12-18-26-27(29(33)22-28(26)32)21-20-25(31)17-11-4-3-8-14-24-15-9-7-10-16-24/h5,7,9-10,12,15-16,20-21,23,25-29,31-33H,3-4,6,8,11,13-14,17-19,22H2,1-2H3/t25?,26-,27-,28?,29?/m1/s1. The molecule has 35 heavy (non-hydrogen) atoms. The number of carbonyl (C=O) groups is 1. The number of unbranched alkanes of at least 4 members (excludes halogenated alkanes) is 4. The first-order valence-electron chi connectivity index (χ1n) is 13.5. The monoisotopic (exact) mass is 486 g/mol. The van der Waals surface area contributed by atoms with E-state index >= 15 is 0 Å². The van der Waals surface area contributed by atoms with E-state index in [-0.39, 0.29) is 23.9 Å². The lowest BCUT2D eigenvalue weighted by molar-refractivity contribution is -0.147. The summed E-state index contributed by atoms with van der Waals surface area (Å²) in [5, 5.41) is 31.2. The van der Waals surface area contributed by atoms with Crippen LogP contribution in [0.25, 0.3) is 0 Å². The highest BCUT2D eigenvalue weighted by molar-refractivity contribution is 5.69. The average Bonchev–Trinajstić information content (AvgIpc) is 3.09. The Bertz CT molecular complexity index is 757. The summed E-state index contributed by atoms with van der Waals surface area (Å²) in [6, 6.07) is 10.5. The Morgan fingerprint density at radius 3 is 2.51 bits per heavy atom. The first kappa shape index (κ1) is 29.3. The van der Waals surface area contributed by atoms with E-state index in [1.54, 1.807) is 6.08 Å². The van der Waals surface area contributed by atoms with Crippen molar-refractivity contribution < 1.29 is 24.9 Å². The average molecular weight is 487 g/mol. The molecule has 1 aromatic rings. The van der Waals surface area contributed by atoms with Gasteiger partial charge in [-0.1, -0.05) is 73.9 Å². The van der Waals surface area contributed by atoms with E-state index in [9.17, 15) is 20.1 Å². The van der Waals surface area contributed by atoms with E-state index in [2.05, 4.69) is 24.3 Å². The quantitative estimate of drug-likeness (QED) is 0.163. The van der Waals surface area contributed by atoms with Crippen LogP contribution >= 0.6 is 0 Å². The maximum Gasteiger partial charge on any atom is 0.306 e. The van der Waals surface area contributed by atoms with Crippen LogP contribution in [0.5, 0.6) is 0 Å². The van der Waals surface area contributed by atoms with Crippen molar-refractivity contribution in [2.45, 2.75) is 109 Å². The lowest BCUT2D eigenvalue weighted by Gasteiger charge is -2.19. The van der Waals surface area contributed by atoms with Gasteiger partial charge in [0.05, 0.1) is 24.4 Å². The number of allylic oxidation sites excluding steroid dienone is 2. The Morgan fingerprint density at radius 2 is 1.77 bits per heavy atom. The van der Waals surface area contributed by atoms with Gasteiger partial charge in [-0.2, -0.15) is 0 Å². The van der Waals surface area contributed by atoms with Gasteiger partial charge < -0.3 is 20.1 Å². The number of hydrogen-bond acceptors (Lipinski definition) is 5. The number of hydrogen-bond donors (Lipinski definition) is 3. The van der Waals surface area contributed by atoms with Crippen LogP contribution in [0.15, 0.2) is 54.6 Å². The summed E-state index contributed by atoms with van der Waals surface area (Å²) in [6.07, 6.45) is 15.2. The largest absolute Gasteiger partial charge is 0.463 e. The van der Waals surface area contributed by atoms with Crippen molar-refractivity contribution in [1.82, 2.24) is 0 Å². The number of rotatable bonds is 16. The van der Waals surface area contributed by atoms with Gasteiger partial charge in [-0.05, 0) is 63.9 Å². The second kappa shape index (κ2) is 16.7. The maximum atomic E-state index is 11.6. The maximum absolute atomic E-state index is 11.6. The molecule has 0 heterocycles. The molecule has 0 aliphatic heterocycles. The van der Waals surface area contributed by atoms with E-state index in [4.69, 9.17) is 4.74 Å². The molecule has 1 saturated carbocycles. The number of carbonyl (C=O) groups excluding carboxylic acids is 1. The van der Waals surface area contributed by atoms with Crippen molar-refractivity contribution in [3.05, 3.63) is 60.2 Å². The van der Waals surface area contributed by atoms with Crippen molar-refractivity contribution in [3.8, 4) is 0 Å². The molecule has 5 atom stereocenters. The smallest absolute Gasteiger partial charge is 0.306 e. The Balaban J connectivity index is 1.65. The number of esters is 1. The van der Waals surface area contributed by atoms with Crippen LogP contribution < -0.4 is 0 Å². The normalized spacial score (nSPS) is 23.5. The van der Waals surface area contributed by atoms with Gasteiger partial charge in [0, 0.05) is 18.8 Å². The van der Waals surface area contributed by atoms with Crippen LogP contribution in [0, 0.1) is 11.8 Å². The summed E-state index contributed by atoms with van der Waals surface area (Å²) in [7, 11) is 0. The highest BCUT2D eigenvalue weighted by Crippen LogP contribution is 2.36. The first-order chi connectivity index (χ1) is 16.9. The van der Waals surface area contributed by atoms with Crippen LogP contribution in [0.1, 0.15) is 83.6 Å². The first-order valence-corrected chi connectivity index (χ1v) is 13.5. The van der Waals surface area contributed by atoms with Crippen LogP contribution in [0.4, 0.5) is 0 Å². The molecule has 5 heteroatoms. The predicted molar refractivity (Wildman–Crippen MR) is 141 cm³/mol. The fraction of sp³-hybridized carbons (Fsp3) is 0.633. The highest BCUT2D eigenvalue weighted by atomic mass is 16.5. The van der Waals surface area contributed by atoms with Gasteiger partial charge >= 0.3 is 5.97 Å². The van der Waals surface area contributed by atoms with Gasteiger partial charge in [0.15, 0.2) is 0 Å². The number of aliphatic hydroxyl groups excluding tert-OH is 3. The summed E-state index contributed by atoms with van der Waals surface area (Å²) in [5.41, 5.74) is 1.38. The van der Waals surface area contributed by atoms with Crippen molar-refractivity contribution in [1.29, 1.82) is 0 Å². The zero-order chi connectivity index (χ0) is 25.5. The molecule has 1 fully saturated rings. The fourth-order valence-electron chi connectivity index (χ4n) is 4.80. The van der Waals surface area contributed by atoms with Gasteiger partial charge in [0.1, 0.15) is 0 Å². The van der Waals surface area contributed by atoms with Gasteiger partial charge in [0.2, 0.25) is 0 Å². The van der Waals surface area contributed by atoms with E-state index < -0.39 is 18.3 Å². The summed E-state index contributed by atoms with van der Waals surface area (Å²) in [4.78, 5) is 11.6. The van der Waals surface area contributed by atoms with E-state index in [1.165, 1.54) is 12.0 Å². The molecule has 0 spiro atoms. The third-order valence-corrected chi connectivity index (χ3v) is 6.72. The molecule has 0 amide bonds. The van der Waals surface area contributed by atoms with Crippen molar-refractivity contribution in [3.63, 3.8) is 0 Å². The summed E-state index contributed by atoms with van der Waals surface area (Å²) in [5.74, 6) is -0.386. The molecule has 1 aliphatic carbocycles. The molecule has 0 bridgehead atoms. The van der Waals surface area contributed by atoms with Crippen molar-refractivity contribution >= 4 is 5.97 Å². The molecule has 0 aromatic heterocycles. The van der Waals surface area contributed by atoms with Gasteiger partial charge in [0.25, 0.3) is 0 Å². The molecular weight excluding hydrogens is 440 g/mol. The van der Waals surface area contributed by atoms with E-state index in [0.717, 1.165) is 44.9 Å².